The molecule has 26 heavy (non-hydrogen) atoms. The predicted octanol–water partition coefficient (Wildman–Crippen LogP) is 2.78. The van der Waals surface area contributed by atoms with Gasteiger partial charge in [0.2, 0.25) is 5.82 Å². The maximum atomic E-state index is 10.7. The molecule has 2 aromatic carbocycles. The number of primary amides is 1. The molecule has 132 valence electrons. The lowest BCUT2D eigenvalue weighted by Crippen LogP contribution is -2.19. The van der Waals surface area contributed by atoms with Gasteiger partial charge in [-0.25, -0.2) is 0 Å². The van der Waals surface area contributed by atoms with Crippen molar-refractivity contribution in [3.8, 4) is 22.9 Å². The monoisotopic (exact) mass is 351 g/mol. The van der Waals surface area contributed by atoms with Crippen molar-refractivity contribution in [3.05, 3.63) is 60.0 Å². The summed E-state index contributed by atoms with van der Waals surface area (Å²) in [4.78, 5) is 15.0. The van der Waals surface area contributed by atoms with Gasteiger partial charge in [0.15, 0.2) is 6.61 Å². The van der Waals surface area contributed by atoms with Crippen LogP contribution in [0.1, 0.15) is 11.5 Å². The van der Waals surface area contributed by atoms with E-state index in [0.29, 0.717) is 17.5 Å². The van der Waals surface area contributed by atoms with Crippen molar-refractivity contribution < 1.29 is 18.8 Å². The fourth-order valence-electron chi connectivity index (χ4n) is 2.16. The Bertz CT molecular complexity index is 899. The summed E-state index contributed by atoms with van der Waals surface area (Å²) in [7, 11) is 1.63. The number of ether oxygens (including phenoxy) is 2. The molecule has 0 aliphatic heterocycles. The topological polar surface area (TPSA) is 100 Å². The Morgan fingerprint density at radius 2 is 1.77 bits per heavy atom. The van der Waals surface area contributed by atoms with Gasteiger partial charge in [0.1, 0.15) is 11.5 Å². The van der Waals surface area contributed by atoms with Crippen molar-refractivity contribution in [2.45, 2.75) is 0 Å². The van der Waals surface area contributed by atoms with E-state index in [1.807, 2.05) is 30.3 Å². The molecule has 0 radical (unpaired) electrons. The van der Waals surface area contributed by atoms with Crippen molar-refractivity contribution in [2.24, 2.45) is 5.73 Å². The highest BCUT2D eigenvalue weighted by molar-refractivity contribution is 5.75. The van der Waals surface area contributed by atoms with Gasteiger partial charge < -0.3 is 19.7 Å². The van der Waals surface area contributed by atoms with E-state index in [4.69, 9.17) is 19.7 Å². The van der Waals surface area contributed by atoms with Gasteiger partial charge in [0.25, 0.3) is 11.8 Å². The van der Waals surface area contributed by atoms with Crippen LogP contribution >= 0.6 is 0 Å². The highest BCUT2D eigenvalue weighted by Crippen LogP contribution is 2.21. The van der Waals surface area contributed by atoms with E-state index in [0.717, 1.165) is 16.9 Å². The molecule has 7 heteroatoms. The summed E-state index contributed by atoms with van der Waals surface area (Å²) in [5.41, 5.74) is 6.80. The molecule has 1 aromatic heterocycles. The fourth-order valence-corrected chi connectivity index (χ4v) is 2.16. The number of nitrogens with zero attached hydrogens (tertiary/aromatic N) is 2. The minimum Gasteiger partial charge on any atom is -0.497 e. The van der Waals surface area contributed by atoms with E-state index >= 15 is 0 Å². The maximum absolute atomic E-state index is 10.7. The van der Waals surface area contributed by atoms with Gasteiger partial charge in [-0.3, -0.25) is 4.79 Å². The molecule has 0 fully saturated rings. The Hall–Kier alpha value is -3.61. The Morgan fingerprint density at radius 3 is 2.42 bits per heavy atom. The first-order valence-corrected chi connectivity index (χ1v) is 7.81. The van der Waals surface area contributed by atoms with Crippen LogP contribution < -0.4 is 15.2 Å². The van der Waals surface area contributed by atoms with E-state index in [1.165, 1.54) is 0 Å². The van der Waals surface area contributed by atoms with Crippen molar-refractivity contribution in [2.75, 3.05) is 13.7 Å². The number of nitrogens with two attached hydrogens (primary N) is 1. The molecular weight excluding hydrogens is 334 g/mol. The molecular formula is C19H17N3O4. The first-order valence-electron chi connectivity index (χ1n) is 7.81. The number of rotatable bonds is 7. The Balaban J connectivity index is 1.66. The van der Waals surface area contributed by atoms with E-state index < -0.39 is 5.91 Å². The number of carbonyl (C=O) groups excluding carboxylic acids is 1. The van der Waals surface area contributed by atoms with E-state index in [2.05, 4.69) is 10.1 Å². The molecule has 2 N–H and O–H groups in total. The lowest BCUT2D eigenvalue weighted by molar-refractivity contribution is -0.119. The average molecular weight is 351 g/mol. The quantitative estimate of drug-likeness (QED) is 0.702. The third-order valence-corrected chi connectivity index (χ3v) is 3.47. The molecule has 0 bridgehead atoms. The Labute approximate surface area is 150 Å². The van der Waals surface area contributed by atoms with Gasteiger partial charge >= 0.3 is 0 Å². The van der Waals surface area contributed by atoms with Gasteiger partial charge in [-0.05, 0) is 48.0 Å². The SMILES string of the molecule is COc1ccc(/C=C/c2nc(-c3ccc(OCC(N)=O)cc3)no2)cc1. The standard InChI is InChI=1S/C19H17N3O4/c1-24-15-7-2-13(3-8-15)4-11-18-21-19(22-26-18)14-5-9-16(10-6-14)25-12-17(20)23/h2-11H,12H2,1H3,(H2,20,23)/b11-4+. The van der Waals surface area contributed by atoms with Crippen LogP contribution in [0.5, 0.6) is 11.5 Å². The largest absolute Gasteiger partial charge is 0.497 e. The summed E-state index contributed by atoms with van der Waals surface area (Å²) in [6.45, 7) is -0.165. The van der Waals surface area contributed by atoms with Gasteiger partial charge in [0, 0.05) is 11.6 Å². The zero-order valence-corrected chi connectivity index (χ0v) is 14.1. The average Bonchev–Trinajstić information content (AvgIpc) is 3.14. The number of carbonyl (C=O) groups is 1. The molecule has 0 aliphatic carbocycles. The van der Waals surface area contributed by atoms with Gasteiger partial charge in [0.05, 0.1) is 7.11 Å². The molecule has 3 rings (SSSR count). The van der Waals surface area contributed by atoms with Crippen molar-refractivity contribution >= 4 is 18.1 Å². The highest BCUT2D eigenvalue weighted by atomic mass is 16.5. The molecule has 0 saturated heterocycles. The minimum absolute atomic E-state index is 0.165. The molecule has 0 atom stereocenters. The number of methoxy groups -OCH3 is 1. The number of hydrogen-bond acceptors (Lipinski definition) is 6. The summed E-state index contributed by atoms with van der Waals surface area (Å²) in [5, 5.41) is 3.96. The normalized spacial score (nSPS) is 10.8. The number of benzene rings is 2. The van der Waals surface area contributed by atoms with Crippen LogP contribution in [0, 0.1) is 0 Å². The van der Waals surface area contributed by atoms with Crippen LogP contribution in [0.15, 0.2) is 53.1 Å². The highest BCUT2D eigenvalue weighted by Gasteiger charge is 2.07. The Morgan fingerprint density at radius 1 is 1.08 bits per heavy atom. The summed E-state index contributed by atoms with van der Waals surface area (Å²) in [6, 6.07) is 14.6. The molecule has 0 unspecified atom stereocenters. The second-order valence-corrected chi connectivity index (χ2v) is 5.34. The second-order valence-electron chi connectivity index (χ2n) is 5.34. The molecule has 7 nitrogen and oxygen atoms in total. The third kappa shape index (κ3) is 4.47. The van der Waals surface area contributed by atoms with Crippen molar-refractivity contribution in [1.29, 1.82) is 0 Å². The molecule has 0 spiro atoms. The van der Waals surface area contributed by atoms with Crippen molar-refractivity contribution in [3.63, 3.8) is 0 Å². The fraction of sp³-hybridized carbons (Fsp3) is 0.105. The van der Waals surface area contributed by atoms with E-state index in [1.54, 1.807) is 37.5 Å². The van der Waals surface area contributed by atoms with Gasteiger partial charge in [-0.1, -0.05) is 17.3 Å². The molecule has 1 heterocycles. The van der Waals surface area contributed by atoms with Gasteiger partial charge in [-0.2, -0.15) is 4.98 Å². The summed E-state index contributed by atoms with van der Waals surface area (Å²) in [6.07, 6.45) is 3.61. The smallest absolute Gasteiger partial charge is 0.255 e. The molecule has 0 saturated carbocycles. The Kier molecular flexibility index (Phi) is 5.28. The first kappa shape index (κ1) is 17.2. The lowest BCUT2D eigenvalue weighted by atomic mass is 10.2. The maximum Gasteiger partial charge on any atom is 0.255 e. The third-order valence-electron chi connectivity index (χ3n) is 3.47. The number of aromatic nitrogens is 2. The zero-order chi connectivity index (χ0) is 18.4. The van der Waals surface area contributed by atoms with Crippen LogP contribution in [0.25, 0.3) is 23.5 Å². The second kappa shape index (κ2) is 7.98. The predicted molar refractivity (Wildman–Crippen MR) is 96.3 cm³/mol. The zero-order valence-electron chi connectivity index (χ0n) is 14.1. The van der Waals surface area contributed by atoms with Gasteiger partial charge in [-0.15, -0.1) is 0 Å². The van der Waals surface area contributed by atoms with Crippen LogP contribution in [0.3, 0.4) is 0 Å². The van der Waals surface area contributed by atoms with E-state index in [-0.39, 0.29) is 6.61 Å². The van der Waals surface area contributed by atoms with Crippen LogP contribution in [0.2, 0.25) is 0 Å². The molecule has 0 aliphatic rings. The lowest BCUT2D eigenvalue weighted by Gasteiger charge is -2.03. The number of hydrogen-bond donors (Lipinski definition) is 1. The molecule has 3 aromatic rings. The number of amides is 1. The van der Waals surface area contributed by atoms with E-state index in [9.17, 15) is 4.79 Å². The first-order chi connectivity index (χ1) is 12.6. The summed E-state index contributed by atoms with van der Waals surface area (Å²) < 4.78 is 15.6. The van der Waals surface area contributed by atoms with Crippen molar-refractivity contribution in [1.82, 2.24) is 10.1 Å². The summed E-state index contributed by atoms with van der Waals surface area (Å²) >= 11 is 0. The minimum atomic E-state index is -0.527. The van der Waals surface area contributed by atoms with Crippen LogP contribution in [-0.2, 0) is 4.79 Å². The van der Waals surface area contributed by atoms with Crippen LogP contribution in [-0.4, -0.2) is 29.8 Å². The van der Waals surface area contributed by atoms with Crippen LogP contribution in [0.4, 0.5) is 0 Å². The molecule has 1 amide bonds. The summed E-state index contributed by atoms with van der Waals surface area (Å²) in [5.74, 6) is 1.66.